The summed E-state index contributed by atoms with van der Waals surface area (Å²) in [5, 5.41) is 28.3. The van der Waals surface area contributed by atoms with Gasteiger partial charge in [-0.1, -0.05) is 26.7 Å². The molecular weight excluding hydrogens is 264 g/mol. The topological polar surface area (TPSA) is 96.2 Å². The van der Waals surface area contributed by atoms with Crippen LogP contribution in [0, 0.1) is 5.92 Å². The molecule has 1 rings (SSSR count). The van der Waals surface area contributed by atoms with E-state index in [2.05, 4.69) is 0 Å². The van der Waals surface area contributed by atoms with Crippen molar-refractivity contribution >= 4 is 5.97 Å². The highest BCUT2D eigenvalue weighted by Gasteiger charge is 2.38. The van der Waals surface area contributed by atoms with Gasteiger partial charge in [0.1, 0.15) is 12.2 Å². The van der Waals surface area contributed by atoms with E-state index < -0.39 is 31.2 Å². The first-order valence-corrected chi connectivity index (χ1v) is 7.36. The molecule has 0 unspecified atom stereocenters. The van der Waals surface area contributed by atoms with Crippen LogP contribution in [0.3, 0.4) is 0 Å². The second-order valence-electron chi connectivity index (χ2n) is 5.29. The minimum Gasteiger partial charge on any atom is -0.435 e. The molecule has 0 aliphatic carbocycles. The lowest BCUT2D eigenvalue weighted by Crippen LogP contribution is -2.51. The van der Waals surface area contributed by atoms with E-state index in [-0.39, 0.29) is 18.3 Å². The number of carbonyl (C=O) groups excluding carboxylic acids is 1. The summed E-state index contributed by atoms with van der Waals surface area (Å²) in [6.45, 7) is 3.59. The van der Waals surface area contributed by atoms with Crippen molar-refractivity contribution < 1.29 is 29.6 Å². The van der Waals surface area contributed by atoms with Gasteiger partial charge in [0.2, 0.25) is 6.29 Å². The molecule has 0 bridgehead atoms. The van der Waals surface area contributed by atoms with Crippen molar-refractivity contribution in [2.75, 3.05) is 6.61 Å². The van der Waals surface area contributed by atoms with E-state index in [0.717, 1.165) is 25.7 Å². The van der Waals surface area contributed by atoms with Crippen LogP contribution in [0.2, 0.25) is 0 Å². The molecule has 20 heavy (non-hydrogen) atoms. The molecule has 0 aromatic rings. The van der Waals surface area contributed by atoms with E-state index in [0.29, 0.717) is 0 Å². The number of aliphatic hydroxyl groups is 3. The predicted octanol–water partition coefficient (Wildman–Crippen LogP) is 0.575. The Morgan fingerprint density at radius 3 is 2.40 bits per heavy atom. The van der Waals surface area contributed by atoms with Gasteiger partial charge in [-0.3, -0.25) is 4.79 Å². The van der Waals surface area contributed by atoms with Crippen LogP contribution < -0.4 is 0 Å². The van der Waals surface area contributed by atoms with Crippen molar-refractivity contribution in [2.45, 2.75) is 70.6 Å². The molecule has 0 aromatic carbocycles. The Morgan fingerprint density at radius 1 is 1.30 bits per heavy atom. The number of aliphatic hydroxyl groups excluding tert-OH is 3. The monoisotopic (exact) mass is 290 g/mol. The highest BCUT2D eigenvalue weighted by atomic mass is 16.7. The number of rotatable bonds is 7. The quantitative estimate of drug-likeness (QED) is 0.593. The van der Waals surface area contributed by atoms with Crippen LogP contribution in [0.4, 0.5) is 0 Å². The molecule has 118 valence electrons. The van der Waals surface area contributed by atoms with E-state index in [1.807, 2.05) is 13.8 Å². The Kier molecular flexibility index (Phi) is 7.43. The summed E-state index contributed by atoms with van der Waals surface area (Å²) < 4.78 is 10.6. The average molecular weight is 290 g/mol. The Labute approximate surface area is 119 Å². The van der Waals surface area contributed by atoms with Crippen molar-refractivity contribution in [1.29, 1.82) is 0 Å². The number of hydrogen-bond acceptors (Lipinski definition) is 6. The van der Waals surface area contributed by atoms with Gasteiger partial charge in [0.25, 0.3) is 0 Å². The molecule has 0 aromatic heterocycles. The second-order valence-corrected chi connectivity index (χ2v) is 5.29. The zero-order valence-corrected chi connectivity index (χ0v) is 12.2. The van der Waals surface area contributed by atoms with Gasteiger partial charge in [-0.05, 0) is 12.8 Å². The Hall–Kier alpha value is -0.690. The summed E-state index contributed by atoms with van der Waals surface area (Å²) in [5.41, 5.74) is 0. The lowest BCUT2D eigenvalue weighted by Gasteiger charge is -2.36. The summed E-state index contributed by atoms with van der Waals surface area (Å²) in [7, 11) is 0. The van der Waals surface area contributed by atoms with Crippen molar-refractivity contribution in [3.63, 3.8) is 0 Å². The number of ether oxygens (including phenoxy) is 2. The fraction of sp³-hybridized carbons (Fsp3) is 0.929. The van der Waals surface area contributed by atoms with E-state index in [9.17, 15) is 15.0 Å². The molecule has 3 N–H and O–H groups in total. The summed E-state index contributed by atoms with van der Waals surface area (Å²) in [5.74, 6) is -0.496. The smallest absolute Gasteiger partial charge is 0.311 e. The van der Waals surface area contributed by atoms with Crippen LogP contribution in [0.25, 0.3) is 0 Å². The summed E-state index contributed by atoms with van der Waals surface area (Å²) in [4.78, 5) is 12.1. The molecule has 6 heteroatoms. The normalized spacial score (nSPS) is 30.5. The minimum absolute atomic E-state index is 0.0222. The Balaban J connectivity index is 2.55. The SMILES string of the molecule is CCCC(CCC)C(=O)O[C@@H]1C[C@@H](O)[C@H](O)[C@@H](CO)O1. The van der Waals surface area contributed by atoms with Gasteiger partial charge in [-0.2, -0.15) is 0 Å². The van der Waals surface area contributed by atoms with Gasteiger partial charge in [-0.25, -0.2) is 0 Å². The highest BCUT2D eigenvalue weighted by molar-refractivity contribution is 5.72. The zero-order valence-electron chi connectivity index (χ0n) is 12.2. The van der Waals surface area contributed by atoms with Gasteiger partial charge >= 0.3 is 5.97 Å². The van der Waals surface area contributed by atoms with Gasteiger partial charge in [0, 0.05) is 6.42 Å². The number of carbonyl (C=O) groups is 1. The molecular formula is C14H26O6. The second kappa shape index (κ2) is 8.56. The van der Waals surface area contributed by atoms with Crippen LogP contribution in [0.1, 0.15) is 46.0 Å². The van der Waals surface area contributed by atoms with E-state index in [1.165, 1.54) is 0 Å². The zero-order chi connectivity index (χ0) is 15.1. The number of esters is 1. The van der Waals surface area contributed by atoms with Crippen LogP contribution in [0.15, 0.2) is 0 Å². The van der Waals surface area contributed by atoms with Gasteiger partial charge in [0.05, 0.1) is 18.6 Å². The maximum atomic E-state index is 12.1. The third-order valence-electron chi connectivity index (χ3n) is 3.57. The molecule has 6 nitrogen and oxygen atoms in total. The third kappa shape index (κ3) is 4.70. The maximum absolute atomic E-state index is 12.1. The minimum atomic E-state index is -1.16. The van der Waals surface area contributed by atoms with E-state index in [4.69, 9.17) is 14.6 Å². The van der Waals surface area contributed by atoms with Crippen LogP contribution in [0.5, 0.6) is 0 Å². The third-order valence-corrected chi connectivity index (χ3v) is 3.57. The molecule has 1 heterocycles. The summed E-state index contributed by atoms with van der Waals surface area (Å²) >= 11 is 0. The van der Waals surface area contributed by atoms with Crippen molar-refractivity contribution in [3.05, 3.63) is 0 Å². The molecule has 0 spiro atoms. The van der Waals surface area contributed by atoms with Crippen molar-refractivity contribution in [2.24, 2.45) is 5.92 Å². The fourth-order valence-electron chi connectivity index (χ4n) is 2.45. The van der Waals surface area contributed by atoms with E-state index in [1.54, 1.807) is 0 Å². The molecule has 1 aliphatic rings. The summed E-state index contributed by atoms with van der Waals surface area (Å²) in [6, 6.07) is 0. The number of hydrogen-bond donors (Lipinski definition) is 3. The molecule has 1 fully saturated rings. The molecule has 0 saturated carbocycles. The molecule has 1 aliphatic heterocycles. The summed E-state index contributed by atoms with van der Waals surface area (Å²) in [6.07, 6.45) is -0.720. The van der Waals surface area contributed by atoms with Crippen LogP contribution >= 0.6 is 0 Å². The van der Waals surface area contributed by atoms with Crippen molar-refractivity contribution in [1.82, 2.24) is 0 Å². The molecule has 0 amide bonds. The van der Waals surface area contributed by atoms with Gasteiger partial charge in [-0.15, -0.1) is 0 Å². The Morgan fingerprint density at radius 2 is 1.90 bits per heavy atom. The first-order chi connectivity index (χ1) is 9.53. The largest absolute Gasteiger partial charge is 0.435 e. The first kappa shape index (κ1) is 17.4. The highest BCUT2D eigenvalue weighted by Crippen LogP contribution is 2.23. The van der Waals surface area contributed by atoms with Crippen molar-refractivity contribution in [3.8, 4) is 0 Å². The first-order valence-electron chi connectivity index (χ1n) is 7.36. The lowest BCUT2D eigenvalue weighted by molar-refractivity contribution is -0.253. The lowest BCUT2D eigenvalue weighted by atomic mass is 9.98. The average Bonchev–Trinajstić information content (AvgIpc) is 2.42. The van der Waals surface area contributed by atoms with Gasteiger partial charge in [0.15, 0.2) is 0 Å². The van der Waals surface area contributed by atoms with Crippen LogP contribution in [-0.4, -0.2) is 52.5 Å². The van der Waals surface area contributed by atoms with E-state index >= 15 is 0 Å². The predicted molar refractivity (Wildman–Crippen MR) is 71.8 cm³/mol. The molecule has 4 atom stereocenters. The van der Waals surface area contributed by atoms with Gasteiger partial charge < -0.3 is 24.8 Å². The molecule has 1 saturated heterocycles. The maximum Gasteiger partial charge on any atom is 0.311 e. The Bertz CT molecular complexity index is 289. The standard InChI is InChI=1S/C14H26O6/c1-3-5-9(6-4-2)14(18)20-12-7-10(16)13(17)11(8-15)19-12/h9-13,15-17H,3-8H2,1-2H3/t10-,11-,12-,13+/m1/s1. The molecule has 0 radical (unpaired) electrons. The van der Waals surface area contributed by atoms with Crippen LogP contribution in [-0.2, 0) is 14.3 Å². The fourth-order valence-corrected chi connectivity index (χ4v) is 2.45.